The normalized spacial score (nSPS) is 26.7. The Morgan fingerprint density at radius 2 is 1.58 bits per heavy atom. The second-order valence-electron chi connectivity index (χ2n) is 10.2. The van der Waals surface area contributed by atoms with Crippen LogP contribution < -0.4 is 4.74 Å². The molecule has 0 unspecified atom stereocenters. The topological polar surface area (TPSA) is 9.23 Å². The molecule has 1 heterocycles. The van der Waals surface area contributed by atoms with Crippen molar-refractivity contribution in [2.24, 2.45) is 17.8 Å². The first kappa shape index (κ1) is 24.7. The first-order valence-electron chi connectivity index (χ1n) is 13.2. The van der Waals surface area contributed by atoms with E-state index in [2.05, 4.69) is 6.92 Å². The predicted molar refractivity (Wildman–Crippen MR) is 130 cm³/mol. The highest BCUT2D eigenvalue weighted by atomic mass is 28.3. The molecule has 0 aromatic heterocycles. The van der Waals surface area contributed by atoms with Gasteiger partial charge in [0.15, 0.2) is 11.6 Å². The molecule has 31 heavy (non-hydrogen) atoms. The molecule has 2 aliphatic rings. The number of hydrogen-bond donors (Lipinski definition) is 0. The molecule has 0 bridgehead atoms. The van der Waals surface area contributed by atoms with Gasteiger partial charge in [-0.25, -0.2) is 4.39 Å². The van der Waals surface area contributed by atoms with Crippen molar-refractivity contribution in [2.75, 3.05) is 6.61 Å². The lowest BCUT2D eigenvalue weighted by Gasteiger charge is -2.37. The summed E-state index contributed by atoms with van der Waals surface area (Å²) < 4.78 is 33.4. The molecule has 1 nitrogen and oxygen atoms in total. The minimum atomic E-state index is -0.834. The fraction of sp³-hybridized carbons (Fsp3) is 0.778. The standard InChI is InChI=1S/C27H44F2OSi/c1-3-5-18-31-19-16-23(17-20-31)22-12-10-21(11-13-22)8-6-7-9-24-14-15-25(30-4-2)27(29)26(24)28/h14-15,21-23,31H,3-13,16-20H2,1-2H3/t21-,22-,23-,31-. The maximum Gasteiger partial charge on any atom is 0.200 e. The highest BCUT2D eigenvalue weighted by Crippen LogP contribution is 2.42. The number of unbranched alkanes of at least 4 members (excludes halogenated alkanes) is 2. The molecule has 0 spiro atoms. The summed E-state index contributed by atoms with van der Waals surface area (Å²) in [6.07, 6.45) is 15.5. The molecule has 2 fully saturated rings. The summed E-state index contributed by atoms with van der Waals surface area (Å²) in [5.74, 6) is 1.35. The van der Waals surface area contributed by atoms with E-state index in [1.807, 2.05) is 0 Å². The Bertz CT molecular complexity index is 649. The Balaban J connectivity index is 1.31. The van der Waals surface area contributed by atoms with Gasteiger partial charge in [0, 0.05) is 8.80 Å². The van der Waals surface area contributed by atoms with Crippen LogP contribution in [-0.4, -0.2) is 15.4 Å². The van der Waals surface area contributed by atoms with Gasteiger partial charge in [-0.3, -0.25) is 0 Å². The zero-order valence-electron chi connectivity index (χ0n) is 19.9. The van der Waals surface area contributed by atoms with E-state index < -0.39 is 11.6 Å². The van der Waals surface area contributed by atoms with Crippen LogP contribution in [0.3, 0.4) is 0 Å². The van der Waals surface area contributed by atoms with Crippen molar-refractivity contribution in [3.63, 3.8) is 0 Å². The largest absolute Gasteiger partial charge is 0.491 e. The molecule has 0 radical (unpaired) electrons. The molecule has 176 valence electrons. The maximum atomic E-state index is 14.2. The van der Waals surface area contributed by atoms with Gasteiger partial charge in [0.2, 0.25) is 5.82 Å². The SMILES string of the molecule is CCCC[Si@H]1CC[C@H]([C@H]2CC[C@H](CCCCc3ccc(OCC)c(F)c3F)CC2)CC1. The van der Waals surface area contributed by atoms with Crippen LogP contribution in [0.2, 0.25) is 18.1 Å². The molecular weight excluding hydrogens is 406 g/mol. The molecule has 0 N–H and O–H groups in total. The van der Waals surface area contributed by atoms with Crippen LogP contribution >= 0.6 is 0 Å². The fourth-order valence-corrected chi connectivity index (χ4v) is 9.82. The van der Waals surface area contributed by atoms with Crippen LogP contribution in [-0.2, 0) is 6.42 Å². The maximum absolute atomic E-state index is 14.2. The van der Waals surface area contributed by atoms with Gasteiger partial charge in [-0.1, -0.05) is 82.5 Å². The molecule has 4 heteroatoms. The lowest BCUT2D eigenvalue weighted by atomic mass is 9.73. The Morgan fingerprint density at radius 3 is 2.26 bits per heavy atom. The third-order valence-electron chi connectivity index (χ3n) is 8.15. The van der Waals surface area contributed by atoms with Gasteiger partial charge >= 0.3 is 0 Å². The summed E-state index contributed by atoms with van der Waals surface area (Å²) in [5.41, 5.74) is 0.489. The van der Waals surface area contributed by atoms with Crippen molar-refractivity contribution in [3.05, 3.63) is 29.3 Å². The van der Waals surface area contributed by atoms with Crippen molar-refractivity contribution in [1.82, 2.24) is 0 Å². The Labute approximate surface area is 191 Å². The molecule has 1 aromatic carbocycles. The summed E-state index contributed by atoms with van der Waals surface area (Å²) in [4.78, 5) is 0. The van der Waals surface area contributed by atoms with Gasteiger partial charge in [0.05, 0.1) is 6.61 Å². The number of aryl methyl sites for hydroxylation is 1. The van der Waals surface area contributed by atoms with Crippen LogP contribution in [0.5, 0.6) is 5.75 Å². The van der Waals surface area contributed by atoms with Gasteiger partial charge < -0.3 is 4.74 Å². The van der Waals surface area contributed by atoms with Crippen LogP contribution in [0.25, 0.3) is 0 Å². The van der Waals surface area contributed by atoms with Crippen molar-refractivity contribution < 1.29 is 13.5 Å². The zero-order valence-corrected chi connectivity index (χ0v) is 21.1. The molecule has 1 aromatic rings. The molecule has 0 amide bonds. The molecule has 1 aliphatic heterocycles. The average molecular weight is 451 g/mol. The second kappa shape index (κ2) is 13.0. The number of benzene rings is 1. The van der Waals surface area contributed by atoms with E-state index in [1.165, 1.54) is 44.9 Å². The van der Waals surface area contributed by atoms with Crippen LogP contribution in [0.4, 0.5) is 8.78 Å². The van der Waals surface area contributed by atoms with Crippen molar-refractivity contribution >= 4 is 8.80 Å². The molecule has 0 atom stereocenters. The third-order valence-corrected chi connectivity index (χ3v) is 11.7. The quantitative estimate of drug-likeness (QED) is 0.243. The summed E-state index contributed by atoms with van der Waals surface area (Å²) in [6, 6.07) is 8.09. The average Bonchev–Trinajstić information content (AvgIpc) is 2.80. The predicted octanol–water partition coefficient (Wildman–Crippen LogP) is 8.32. The van der Waals surface area contributed by atoms with Crippen molar-refractivity contribution in [3.8, 4) is 5.75 Å². The number of hydrogen-bond acceptors (Lipinski definition) is 1. The Morgan fingerprint density at radius 1 is 0.871 bits per heavy atom. The molecule has 1 saturated carbocycles. The zero-order chi connectivity index (χ0) is 22.1. The summed E-state index contributed by atoms with van der Waals surface area (Å²) >= 11 is 0. The number of halogens is 2. The summed E-state index contributed by atoms with van der Waals surface area (Å²) in [5, 5.41) is 0. The van der Waals surface area contributed by atoms with Crippen molar-refractivity contribution in [2.45, 2.75) is 109 Å². The van der Waals surface area contributed by atoms with E-state index in [4.69, 9.17) is 4.74 Å². The molecule has 1 aliphatic carbocycles. The third kappa shape index (κ3) is 7.30. The number of rotatable bonds is 11. The van der Waals surface area contributed by atoms with E-state index in [9.17, 15) is 8.78 Å². The van der Waals surface area contributed by atoms with Gasteiger partial charge in [0.25, 0.3) is 0 Å². The van der Waals surface area contributed by atoms with Gasteiger partial charge in [-0.2, -0.15) is 4.39 Å². The van der Waals surface area contributed by atoms with E-state index in [1.54, 1.807) is 50.0 Å². The van der Waals surface area contributed by atoms with Gasteiger partial charge in [0.1, 0.15) is 0 Å². The van der Waals surface area contributed by atoms with E-state index >= 15 is 0 Å². The van der Waals surface area contributed by atoms with E-state index in [-0.39, 0.29) is 14.5 Å². The second-order valence-corrected chi connectivity index (χ2v) is 13.7. The highest BCUT2D eigenvalue weighted by molar-refractivity contribution is 6.58. The van der Waals surface area contributed by atoms with Crippen LogP contribution in [0, 0.1) is 29.4 Å². The van der Waals surface area contributed by atoms with Crippen molar-refractivity contribution in [1.29, 1.82) is 0 Å². The van der Waals surface area contributed by atoms with E-state index in [0.717, 1.165) is 30.6 Å². The smallest absolute Gasteiger partial charge is 0.200 e. The lowest BCUT2D eigenvalue weighted by molar-refractivity contribution is 0.184. The first-order valence-corrected chi connectivity index (χ1v) is 15.7. The Kier molecular flexibility index (Phi) is 10.3. The summed E-state index contributed by atoms with van der Waals surface area (Å²) in [7, 11) is -0.365. The van der Waals surface area contributed by atoms with Crippen LogP contribution in [0.1, 0.15) is 90.0 Å². The molecule has 3 rings (SSSR count). The lowest BCUT2D eigenvalue weighted by Crippen LogP contribution is -2.28. The van der Waals surface area contributed by atoms with Gasteiger partial charge in [-0.15, -0.1) is 0 Å². The summed E-state index contributed by atoms with van der Waals surface area (Å²) in [6.45, 7) is 4.45. The number of ether oxygens (including phenoxy) is 1. The minimum Gasteiger partial charge on any atom is -0.491 e. The molecular formula is C27H44F2OSi. The molecule has 1 saturated heterocycles. The first-order chi connectivity index (χ1) is 15.1. The van der Waals surface area contributed by atoms with E-state index in [0.29, 0.717) is 18.6 Å². The van der Waals surface area contributed by atoms with Crippen LogP contribution in [0.15, 0.2) is 12.1 Å². The fourth-order valence-electron chi connectivity index (χ4n) is 6.17. The minimum absolute atomic E-state index is 0.0253. The highest BCUT2D eigenvalue weighted by Gasteiger charge is 2.30. The van der Waals surface area contributed by atoms with Gasteiger partial charge in [-0.05, 0) is 62.0 Å². The Hall–Kier alpha value is -0.903. The monoisotopic (exact) mass is 450 g/mol.